The summed E-state index contributed by atoms with van der Waals surface area (Å²) in [6, 6.07) is 21.5. The molecular formula is C30H36O. The average Bonchev–Trinajstić information content (AvgIpc) is 2.81. The summed E-state index contributed by atoms with van der Waals surface area (Å²) in [6.07, 6.45) is 11.3. The molecule has 3 aromatic carbocycles. The van der Waals surface area contributed by atoms with Crippen LogP contribution in [0.25, 0.3) is 10.8 Å². The highest BCUT2D eigenvalue weighted by Crippen LogP contribution is 2.19. The van der Waals surface area contributed by atoms with Crippen molar-refractivity contribution in [2.24, 2.45) is 0 Å². The van der Waals surface area contributed by atoms with Crippen LogP contribution in [0.15, 0.2) is 60.7 Å². The monoisotopic (exact) mass is 412 g/mol. The van der Waals surface area contributed by atoms with Crippen LogP contribution in [0.5, 0.6) is 5.75 Å². The highest BCUT2D eigenvalue weighted by Gasteiger charge is 1.99. The van der Waals surface area contributed by atoms with Crippen LogP contribution in [-0.2, 0) is 6.42 Å². The van der Waals surface area contributed by atoms with Crippen molar-refractivity contribution in [3.8, 4) is 17.6 Å². The number of unbranched alkanes of at least 4 members (excludes halogenated alkanes) is 6. The third-order valence-corrected chi connectivity index (χ3v) is 5.70. The molecule has 0 N–H and O–H groups in total. The van der Waals surface area contributed by atoms with Gasteiger partial charge < -0.3 is 4.74 Å². The minimum Gasteiger partial charge on any atom is -0.494 e. The molecule has 162 valence electrons. The number of ether oxygens (including phenoxy) is 1. The van der Waals surface area contributed by atoms with Crippen molar-refractivity contribution >= 4 is 10.8 Å². The maximum Gasteiger partial charge on any atom is 0.119 e. The highest BCUT2D eigenvalue weighted by atomic mass is 16.5. The third-order valence-electron chi connectivity index (χ3n) is 5.70. The van der Waals surface area contributed by atoms with Gasteiger partial charge in [-0.15, -0.1) is 0 Å². The van der Waals surface area contributed by atoms with Gasteiger partial charge in [-0.1, -0.05) is 88.5 Å². The molecule has 0 heterocycles. The number of hydrogen-bond donors (Lipinski definition) is 0. The first-order chi connectivity index (χ1) is 15.3. The van der Waals surface area contributed by atoms with Gasteiger partial charge in [-0.3, -0.25) is 0 Å². The van der Waals surface area contributed by atoms with E-state index in [1.807, 2.05) is 24.3 Å². The fourth-order valence-corrected chi connectivity index (χ4v) is 3.78. The fraction of sp³-hybridized carbons (Fsp3) is 0.400. The molecule has 1 heteroatoms. The second-order valence-corrected chi connectivity index (χ2v) is 8.39. The summed E-state index contributed by atoms with van der Waals surface area (Å²) < 4.78 is 5.84. The molecule has 0 aliphatic heterocycles. The van der Waals surface area contributed by atoms with E-state index in [0.717, 1.165) is 29.9 Å². The van der Waals surface area contributed by atoms with Crippen LogP contribution in [-0.4, -0.2) is 6.61 Å². The van der Waals surface area contributed by atoms with Gasteiger partial charge in [0.2, 0.25) is 0 Å². The van der Waals surface area contributed by atoms with Gasteiger partial charge in [0.1, 0.15) is 5.75 Å². The molecule has 0 unspecified atom stereocenters. The highest BCUT2D eigenvalue weighted by molar-refractivity contribution is 5.84. The molecule has 0 bridgehead atoms. The Balaban J connectivity index is 1.55. The molecule has 1 nitrogen and oxygen atoms in total. The van der Waals surface area contributed by atoms with Crippen LogP contribution in [0.4, 0.5) is 0 Å². The van der Waals surface area contributed by atoms with E-state index in [1.165, 1.54) is 67.7 Å². The van der Waals surface area contributed by atoms with Crippen molar-refractivity contribution in [2.45, 2.75) is 71.6 Å². The second-order valence-electron chi connectivity index (χ2n) is 8.39. The van der Waals surface area contributed by atoms with Crippen LogP contribution in [0.1, 0.15) is 81.9 Å². The van der Waals surface area contributed by atoms with Crippen LogP contribution in [0, 0.1) is 11.8 Å². The Kier molecular flexibility index (Phi) is 9.52. The van der Waals surface area contributed by atoms with E-state index in [2.05, 4.69) is 62.1 Å². The zero-order valence-electron chi connectivity index (χ0n) is 19.3. The van der Waals surface area contributed by atoms with Crippen molar-refractivity contribution in [3.63, 3.8) is 0 Å². The predicted molar refractivity (Wildman–Crippen MR) is 134 cm³/mol. The van der Waals surface area contributed by atoms with Gasteiger partial charge in [-0.2, -0.15) is 0 Å². The molecule has 31 heavy (non-hydrogen) atoms. The van der Waals surface area contributed by atoms with E-state index in [0.29, 0.717) is 0 Å². The maximum absolute atomic E-state index is 5.84. The smallest absolute Gasteiger partial charge is 0.119 e. The molecule has 0 spiro atoms. The lowest BCUT2D eigenvalue weighted by Gasteiger charge is -2.06. The van der Waals surface area contributed by atoms with Crippen molar-refractivity contribution in [1.29, 1.82) is 0 Å². The zero-order valence-corrected chi connectivity index (χ0v) is 19.3. The lowest BCUT2D eigenvalue weighted by atomic mass is 10.0. The SMILES string of the molecule is CCCCCCCOc1ccc(C#Cc2ccc3cc(CCCCC)ccc3c2)cc1. The summed E-state index contributed by atoms with van der Waals surface area (Å²) in [5, 5.41) is 2.56. The van der Waals surface area contributed by atoms with Gasteiger partial charge in [0.15, 0.2) is 0 Å². The van der Waals surface area contributed by atoms with Gasteiger partial charge >= 0.3 is 0 Å². The number of benzene rings is 3. The Morgan fingerprint density at radius 3 is 2.06 bits per heavy atom. The molecule has 3 aromatic rings. The number of rotatable bonds is 11. The van der Waals surface area contributed by atoms with Gasteiger partial charge in [0.05, 0.1) is 6.61 Å². The van der Waals surface area contributed by atoms with E-state index in [-0.39, 0.29) is 0 Å². The molecule has 0 saturated heterocycles. The Bertz CT molecular complexity index is 988. The van der Waals surface area contributed by atoms with E-state index in [1.54, 1.807) is 0 Å². The lowest BCUT2D eigenvalue weighted by Crippen LogP contribution is -1.97. The quantitative estimate of drug-likeness (QED) is 0.227. The molecule has 0 aromatic heterocycles. The van der Waals surface area contributed by atoms with Crippen molar-refractivity contribution in [3.05, 3.63) is 77.4 Å². The molecule has 0 saturated carbocycles. The minimum absolute atomic E-state index is 0.798. The molecular weight excluding hydrogens is 376 g/mol. The predicted octanol–water partition coefficient (Wildman–Crippen LogP) is 8.32. The molecule has 0 atom stereocenters. The van der Waals surface area contributed by atoms with E-state index in [9.17, 15) is 0 Å². The Labute approximate surface area is 188 Å². The summed E-state index contributed by atoms with van der Waals surface area (Å²) in [7, 11) is 0. The molecule has 0 amide bonds. The topological polar surface area (TPSA) is 9.23 Å². The molecule has 0 radical (unpaired) electrons. The van der Waals surface area contributed by atoms with Crippen molar-refractivity contribution in [1.82, 2.24) is 0 Å². The minimum atomic E-state index is 0.798. The Morgan fingerprint density at radius 1 is 0.613 bits per heavy atom. The summed E-state index contributed by atoms with van der Waals surface area (Å²) in [6.45, 7) is 5.29. The van der Waals surface area contributed by atoms with Gasteiger partial charge in [0.25, 0.3) is 0 Å². The fourth-order valence-electron chi connectivity index (χ4n) is 3.78. The van der Waals surface area contributed by atoms with Crippen LogP contribution in [0.2, 0.25) is 0 Å². The first-order valence-electron chi connectivity index (χ1n) is 12.1. The Morgan fingerprint density at radius 2 is 1.26 bits per heavy atom. The van der Waals surface area contributed by atoms with Gasteiger partial charge in [0, 0.05) is 11.1 Å². The van der Waals surface area contributed by atoms with Crippen molar-refractivity contribution in [2.75, 3.05) is 6.61 Å². The van der Waals surface area contributed by atoms with Gasteiger partial charge in [-0.25, -0.2) is 0 Å². The van der Waals surface area contributed by atoms with E-state index < -0.39 is 0 Å². The number of hydrogen-bond acceptors (Lipinski definition) is 1. The molecule has 0 fully saturated rings. The number of aryl methyl sites for hydroxylation is 1. The van der Waals surface area contributed by atoms with Crippen LogP contribution < -0.4 is 4.74 Å². The summed E-state index contributed by atoms with van der Waals surface area (Å²) in [5.41, 5.74) is 3.50. The zero-order chi connectivity index (χ0) is 21.7. The second kappa shape index (κ2) is 12.9. The lowest BCUT2D eigenvalue weighted by molar-refractivity contribution is 0.304. The summed E-state index contributed by atoms with van der Waals surface area (Å²) >= 11 is 0. The van der Waals surface area contributed by atoms with Crippen molar-refractivity contribution < 1.29 is 4.74 Å². The Hall–Kier alpha value is -2.72. The van der Waals surface area contributed by atoms with E-state index >= 15 is 0 Å². The molecule has 0 aliphatic rings. The summed E-state index contributed by atoms with van der Waals surface area (Å²) in [5.74, 6) is 7.53. The third kappa shape index (κ3) is 7.80. The first-order valence-corrected chi connectivity index (χ1v) is 12.1. The normalized spacial score (nSPS) is 10.6. The standard InChI is InChI=1S/C30H36O/c1-3-5-7-8-10-22-31-30-20-16-25(17-21-30)12-13-27-15-19-28-23-26(11-9-6-4-2)14-18-29(28)24-27/h14-21,23-24H,3-11,22H2,1-2H3. The van der Waals surface area contributed by atoms with Crippen LogP contribution >= 0.6 is 0 Å². The number of fused-ring (bicyclic) bond motifs is 1. The first kappa shape index (κ1) is 23.0. The summed E-state index contributed by atoms with van der Waals surface area (Å²) in [4.78, 5) is 0. The van der Waals surface area contributed by atoms with E-state index in [4.69, 9.17) is 4.74 Å². The largest absolute Gasteiger partial charge is 0.494 e. The van der Waals surface area contributed by atoms with Crippen LogP contribution in [0.3, 0.4) is 0 Å². The maximum atomic E-state index is 5.84. The average molecular weight is 413 g/mol. The van der Waals surface area contributed by atoms with Gasteiger partial charge in [-0.05, 0) is 72.0 Å². The molecule has 0 aliphatic carbocycles. The molecule has 3 rings (SSSR count).